The number of carbonyl (C=O) groups is 3. The van der Waals surface area contributed by atoms with Crippen molar-refractivity contribution in [1.29, 1.82) is 0 Å². The number of hydrogen-bond donors (Lipinski definition) is 3. The summed E-state index contributed by atoms with van der Waals surface area (Å²) in [6.07, 6.45) is -3.68. The van der Waals surface area contributed by atoms with Crippen molar-refractivity contribution in [2.45, 2.75) is 12.7 Å². The molecule has 0 saturated heterocycles. The maximum atomic E-state index is 13.4. The molecule has 2 aromatic heterocycles. The van der Waals surface area contributed by atoms with Gasteiger partial charge in [0.15, 0.2) is 0 Å². The van der Waals surface area contributed by atoms with E-state index in [1.165, 1.54) is 36.8 Å². The SMILES string of the molecule is COCCN(Cc1csc(C(=O)Nc2c(OC)cc(Cl)cc2C(=O)Nc2ccc(Cl)cn2)c1Cl)C1=NCCO1.O=C(O)C(F)(F)F. The van der Waals surface area contributed by atoms with Crippen LogP contribution < -0.4 is 15.4 Å². The van der Waals surface area contributed by atoms with Gasteiger partial charge in [-0.1, -0.05) is 34.8 Å². The summed E-state index contributed by atoms with van der Waals surface area (Å²) in [6, 6.07) is 6.56. The number of anilines is 2. The lowest BCUT2D eigenvalue weighted by molar-refractivity contribution is -0.192. The maximum Gasteiger partial charge on any atom is 0.490 e. The molecule has 2 amide bonds. The Morgan fingerprint density at radius 3 is 2.39 bits per heavy atom. The number of aromatic nitrogens is 1. The van der Waals surface area contributed by atoms with Crippen LogP contribution in [-0.2, 0) is 20.8 Å². The number of carboxylic acids is 1. The van der Waals surface area contributed by atoms with Crippen molar-refractivity contribution in [3.63, 3.8) is 0 Å². The van der Waals surface area contributed by atoms with Crippen LogP contribution in [0.3, 0.4) is 0 Å². The summed E-state index contributed by atoms with van der Waals surface area (Å²) >= 11 is 19.9. The van der Waals surface area contributed by atoms with Gasteiger partial charge in [0.05, 0.1) is 41.6 Å². The van der Waals surface area contributed by atoms with Crippen molar-refractivity contribution in [1.82, 2.24) is 9.88 Å². The molecule has 3 heterocycles. The summed E-state index contributed by atoms with van der Waals surface area (Å²) < 4.78 is 48.0. The third kappa shape index (κ3) is 10.1. The summed E-state index contributed by atoms with van der Waals surface area (Å²) in [6.45, 7) is 2.46. The van der Waals surface area contributed by atoms with E-state index in [4.69, 9.17) is 58.9 Å². The van der Waals surface area contributed by atoms with Crippen molar-refractivity contribution < 1.29 is 46.9 Å². The lowest BCUT2D eigenvalue weighted by Gasteiger charge is -2.22. The summed E-state index contributed by atoms with van der Waals surface area (Å²) in [4.78, 5) is 46.0. The number of aliphatic imine (C=N–C) groups is 1. The van der Waals surface area contributed by atoms with Gasteiger partial charge in [-0.2, -0.15) is 13.2 Å². The van der Waals surface area contributed by atoms with E-state index in [1.54, 1.807) is 24.6 Å². The highest BCUT2D eigenvalue weighted by Crippen LogP contribution is 2.35. The van der Waals surface area contributed by atoms with E-state index in [2.05, 4.69) is 20.6 Å². The number of ether oxygens (including phenoxy) is 3. The Hall–Kier alpha value is -3.83. The van der Waals surface area contributed by atoms with Crippen molar-refractivity contribution in [2.75, 3.05) is 51.2 Å². The fourth-order valence-electron chi connectivity index (χ4n) is 3.66. The standard InChI is InChI=1S/C25H24Cl3N5O5S.C2HF3O2/c1-36-8-6-33(25-29-5-7-38-25)12-14-13-39-22(20(14)28)24(35)32-21-17(9-16(27)10-18(21)37-2)23(34)31-19-4-3-15(26)11-30-19;3-2(4,5)1(6)7/h3-4,9-11,13H,5-8,12H2,1-2H3,(H,32,35)(H,30,31,34);(H,6,7). The number of thiophene rings is 1. The van der Waals surface area contributed by atoms with E-state index in [0.717, 1.165) is 5.56 Å². The molecule has 4 rings (SSSR count). The number of nitrogens with zero attached hydrogens (tertiary/aromatic N) is 3. The number of rotatable bonds is 10. The predicted octanol–water partition coefficient (Wildman–Crippen LogP) is 6.08. The Balaban J connectivity index is 0.000000738. The van der Waals surface area contributed by atoms with Gasteiger partial charge in [0.25, 0.3) is 17.8 Å². The lowest BCUT2D eigenvalue weighted by atomic mass is 10.1. The second-order valence-corrected chi connectivity index (χ2v) is 11.1. The summed E-state index contributed by atoms with van der Waals surface area (Å²) in [5.41, 5.74) is 0.912. The van der Waals surface area contributed by atoms with Crippen LogP contribution in [0.25, 0.3) is 0 Å². The number of hydrogen-bond acceptors (Lipinski definition) is 10. The van der Waals surface area contributed by atoms with Gasteiger partial charge in [0.2, 0.25) is 0 Å². The van der Waals surface area contributed by atoms with Crippen LogP contribution >= 0.6 is 46.1 Å². The molecule has 46 heavy (non-hydrogen) atoms. The quantitative estimate of drug-likeness (QED) is 0.226. The Morgan fingerprint density at radius 2 is 1.83 bits per heavy atom. The third-order valence-electron chi connectivity index (χ3n) is 5.75. The molecule has 0 fully saturated rings. The Kier molecular flexibility index (Phi) is 13.3. The lowest BCUT2D eigenvalue weighted by Crippen LogP contribution is -2.33. The smallest absolute Gasteiger partial charge is 0.490 e. The molecule has 0 radical (unpaired) electrons. The van der Waals surface area contributed by atoms with Crippen molar-refractivity contribution in [3.8, 4) is 5.75 Å². The van der Waals surface area contributed by atoms with E-state index in [1.807, 2.05) is 4.90 Å². The van der Waals surface area contributed by atoms with Crippen LogP contribution in [0.15, 0.2) is 40.8 Å². The second-order valence-electron chi connectivity index (χ2n) is 8.93. The predicted molar refractivity (Wildman–Crippen MR) is 167 cm³/mol. The zero-order chi connectivity index (χ0) is 34.0. The van der Waals surface area contributed by atoms with Crippen LogP contribution in [0, 0.1) is 0 Å². The monoisotopic (exact) mass is 725 g/mol. The van der Waals surface area contributed by atoms with Crippen molar-refractivity contribution in [3.05, 3.63) is 66.9 Å². The zero-order valence-electron chi connectivity index (χ0n) is 23.9. The van der Waals surface area contributed by atoms with Gasteiger partial charge < -0.3 is 34.9 Å². The van der Waals surface area contributed by atoms with E-state index in [-0.39, 0.29) is 37.7 Å². The first-order valence-electron chi connectivity index (χ1n) is 12.8. The van der Waals surface area contributed by atoms with Crippen LogP contribution in [0.4, 0.5) is 24.7 Å². The number of methoxy groups -OCH3 is 2. The van der Waals surface area contributed by atoms with E-state index < -0.39 is 24.0 Å². The number of aliphatic carboxylic acids is 1. The highest BCUT2D eigenvalue weighted by atomic mass is 35.5. The first-order valence-corrected chi connectivity index (χ1v) is 14.8. The topological polar surface area (TPSA) is 152 Å². The number of nitrogens with one attached hydrogen (secondary N) is 2. The molecule has 0 unspecified atom stereocenters. The van der Waals surface area contributed by atoms with Gasteiger partial charge in [-0.05, 0) is 23.6 Å². The molecule has 0 spiro atoms. The number of carboxylic acid groups (broad SMARTS) is 1. The number of benzene rings is 1. The third-order valence-corrected chi connectivity index (χ3v) is 7.77. The highest BCUT2D eigenvalue weighted by molar-refractivity contribution is 7.13. The fraction of sp³-hybridized carbons (Fsp3) is 0.296. The molecular weight excluding hydrogens is 702 g/mol. The Labute approximate surface area is 279 Å². The molecule has 248 valence electrons. The number of amidine groups is 1. The average molecular weight is 727 g/mol. The number of alkyl halides is 3. The van der Waals surface area contributed by atoms with Gasteiger partial charge in [-0.15, -0.1) is 11.3 Å². The molecule has 1 aromatic carbocycles. The molecule has 0 saturated carbocycles. The number of carbonyl (C=O) groups excluding carboxylic acids is 2. The molecule has 3 aromatic rings. The second kappa shape index (κ2) is 16.6. The van der Waals surface area contributed by atoms with Gasteiger partial charge in [-0.25, -0.2) is 14.8 Å². The number of pyridine rings is 1. The van der Waals surface area contributed by atoms with Gasteiger partial charge in [-0.3, -0.25) is 9.59 Å². The molecule has 0 atom stereocenters. The minimum atomic E-state index is -5.08. The molecule has 12 nitrogen and oxygen atoms in total. The molecule has 1 aliphatic rings. The summed E-state index contributed by atoms with van der Waals surface area (Å²) in [7, 11) is 3.02. The number of halogens is 6. The molecule has 0 aliphatic carbocycles. The Morgan fingerprint density at radius 1 is 1.11 bits per heavy atom. The maximum absolute atomic E-state index is 13.4. The molecule has 0 bridgehead atoms. The first-order chi connectivity index (χ1) is 21.7. The Bertz CT molecular complexity index is 1590. The van der Waals surface area contributed by atoms with Crippen LogP contribution in [0.1, 0.15) is 25.6 Å². The van der Waals surface area contributed by atoms with Gasteiger partial charge in [0, 0.05) is 43.0 Å². The number of amides is 2. The van der Waals surface area contributed by atoms with Crippen LogP contribution in [0.5, 0.6) is 5.75 Å². The molecular formula is C27H25Cl3F3N5O7S. The van der Waals surface area contributed by atoms with Crippen molar-refractivity contribution >= 4 is 81.5 Å². The molecule has 1 aliphatic heterocycles. The first kappa shape index (κ1) is 36.6. The van der Waals surface area contributed by atoms with Crippen molar-refractivity contribution in [2.24, 2.45) is 4.99 Å². The summed E-state index contributed by atoms with van der Waals surface area (Å²) in [5, 5.41) is 15.3. The summed E-state index contributed by atoms with van der Waals surface area (Å²) in [5.74, 6) is -3.38. The van der Waals surface area contributed by atoms with E-state index in [0.29, 0.717) is 43.9 Å². The largest absolute Gasteiger partial charge is 0.494 e. The average Bonchev–Trinajstić information content (AvgIpc) is 3.67. The van der Waals surface area contributed by atoms with Gasteiger partial charge >= 0.3 is 12.1 Å². The fourth-order valence-corrected chi connectivity index (χ4v) is 5.22. The minimum Gasteiger partial charge on any atom is -0.494 e. The van der Waals surface area contributed by atoms with Crippen LogP contribution in [0.2, 0.25) is 15.1 Å². The van der Waals surface area contributed by atoms with Gasteiger partial charge in [0.1, 0.15) is 23.1 Å². The normalized spacial score (nSPS) is 12.3. The minimum absolute atomic E-state index is 0.0690. The zero-order valence-corrected chi connectivity index (χ0v) is 27.0. The van der Waals surface area contributed by atoms with Crippen LogP contribution in [-0.4, -0.2) is 85.5 Å². The molecule has 3 N–H and O–H groups in total. The van der Waals surface area contributed by atoms with E-state index in [9.17, 15) is 22.8 Å². The highest BCUT2D eigenvalue weighted by Gasteiger charge is 2.38. The van der Waals surface area contributed by atoms with E-state index >= 15 is 0 Å². The molecule has 19 heteroatoms.